The van der Waals surface area contributed by atoms with Gasteiger partial charge in [-0.1, -0.05) is 6.07 Å². The minimum Gasteiger partial charge on any atom is -0.457 e. The fourth-order valence-electron chi connectivity index (χ4n) is 4.25. The fourth-order valence-corrected chi connectivity index (χ4v) is 4.25. The van der Waals surface area contributed by atoms with Crippen molar-refractivity contribution in [2.45, 2.75) is 33.1 Å². The summed E-state index contributed by atoms with van der Waals surface area (Å²) in [5, 5.41) is 13.5. The van der Waals surface area contributed by atoms with Crippen LogP contribution in [0.4, 0.5) is 0 Å². The van der Waals surface area contributed by atoms with Crippen molar-refractivity contribution in [3.63, 3.8) is 0 Å². The first-order valence-corrected chi connectivity index (χ1v) is 10.5. The molecule has 0 aliphatic carbocycles. The van der Waals surface area contributed by atoms with E-state index >= 15 is 0 Å². The molecule has 2 aliphatic rings. The number of nitriles is 1. The predicted molar refractivity (Wildman–Crippen MR) is 115 cm³/mol. The molecule has 0 saturated carbocycles. The van der Waals surface area contributed by atoms with Crippen molar-refractivity contribution in [1.29, 1.82) is 5.26 Å². The first kappa shape index (κ1) is 20.8. The lowest BCUT2D eigenvalue weighted by atomic mass is 9.94. The Hall–Kier alpha value is -4.03. The van der Waals surface area contributed by atoms with Crippen LogP contribution in [0.15, 0.2) is 36.8 Å². The van der Waals surface area contributed by atoms with Crippen molar-refractivity contribution in [3.8, 4) is 11.9 Å². The van der Waals surface area contributed by atoms with Crippen LogP contribution in [0.25, 0.3) is 5.82 Å². The Labute approximate surface area is 190 Å². The largest absolute Gasteiger partial charge is 0.457 e. The van der Waals surface area contributed by atoms with Gasteiger partial charge in [-0.05, 0) is 42.7 Å². The molecule has 0 spiro atoms. The lowest BCUT2D eigenvalue weighted by Gasteiger charge is -2.33. The van der Waals surface area contributed by atoms with E-state index < -0.39 is 0 Å². The standard InChI is InChI=1S/C24H21N5O4/c1-14-5-22(26-8-17(14)6-25)29-10-16(7-27-29)9-28-11-21(32-13-23(28)30)18-3-4-19-20(15(18)2)12-33-24(19)31/h3-5,7-8,10,21H,9,11-13H2,1-2H3. The number of esters is 1. The third-order valence-electron chi connectivity index (χ3n) is 6.16. The zero-order valence-electron chi connectivity index (χ0n) is 18.2. The van der Waals surface area contributed by atoms with Gasteiger partial charge in [0.1, 0.15) is 25.4 Å². The number of benzene rings is 1. The van der Waals surface area contributed by atoms with E-state index in [9.17, 15) is 9.59 Å². The Morgan fingerprint density at radius 1 is 1.21 bits per heavy atom. The van der Waals surface area contributed by atoms with Gasteiger partial charge in [0.05, 0.1) is 23.9 Å². The van der Waals surface area contributed by atoms with E-state index in [0.717, 1.165) is 27.8 Å². The summed E-state index contributed by atoms with van der Waals surface area (Å²) < 4.78 is 12.6. The average molecular weight is 443 g/mol. The van der Waals surface area contributed by atoms with Gasteiger partial charge < -0.3 is 14.4 Å². The summed E-state index contributed by atoms with van der Waals surface area (Å²) in [5.41, 5.74) is 5.61. The minimum atomic E-state index is -0.301. The molecule has 1 aromatic carbocycles. The number of pyridine rings is 1. The molecule has 2 aliphatic heterocycles. The number of carbonyl (C=O) groups excluding carboxylic acids is 2. The second-order valence-electron chi connectivity index (χ2n) is 8.22. The number of rotatable bonds is 4. The van der Waals surface area contributed by atoms with Crippen LogP contribution in [-0.2, 0) is 27.4 Å². The maximum Gasteiger partial charge on any atom is 0.338 e. The molecule has 9 heteroatoms. The van der Waals surface area contributed by atoms with Gasteiger partial charge in [-0.2, -0.15) is 10.4 Å². The van der Waals surface area contributed by atoms with Crippen LogP contribution in [0, 0.1) is 25.2 Å². The van der Waals surface area contributed by atoms with Gasteiger partial charge in [0.2, 0.25) is 5.91 Å². The molecule has 1 amide bonds. The van der Waals surface area contributed by atoms with E-state index in [-0.39, 0.29) is 31.2 Å². The average Bonchev–Trinajstić information content (AvgIpc) is 3.43. The summed E-state index contributed by atoms with van der Waals surface area (Å²) in [4.78, 5) is 30.4. The smallest absolute Gasteiger partial charge is 0.338 e. The lowest BCUT2D eigenvalue weighted by Crippen LogP contribution is -2.42. The van der Waals surface area contributed by atoms with Crippen LogP contribution in [0.2, 0.25) is 0 Å². The van der Waals surface area contributed by atoms with Crippen molar-refractivity contribution in [2.75, 3.05) is 13.2 Å². The number of morpholine rings is 1. The second kappa shape index (κ2) is 8.15. The molecule has 2 aromatic heterocycles. The molecule has 4 heterocycles. The highest BCUT2D eigenvalue weighted by Gasteiger charge is 2.31. The van der Waals surface area contributed by atoms with Gasteiger partial charge in [0, 0.05) is 30.1 Å². The van der Waals surface area contributed by atoms with Gasteiger partial charge in [-0.3, -0.25) is 4.79 Å². The molecule has 3 aromatic rings. The van der Waals surface area contributed by atoms with Gasteiger partial charge in [0.15, 0.2) is 5.82 Å². The summed E-state index contributed by atoms with van der Waals surface area (Å²) in [5.74, 6) is 0.211. The summed E-state index contributed by atoms with van der Waals surface area (Å²) in [6.45, 7) is 4.85. The zero-order valence-corrected chi connectivity index (χ0v) is 18.2. The van der Waals surface area contributed by atoms with Gasteiger partial charge in [-0.15, -0.1) is 0 Å². The predicted octanol–water partition coefficient (Wildman–Crippen LogP) is 2.53. The number of fused-ring (bicyclic) bond motifs is 1. The molecule has 1 fully saturated rings. The van der Waals surface area contributed by atoms with E-state index in [1.54, 1.807) is 27.9 Å². The number of hydrogen-bond donors (Lipinski definition) is 0. The number of amides is 1. The number of aromatic nitrogens is 3. The Morgan fingerprint density at radius 2 is 2.06 bits per heavy atom. The van der Waals surface area contributed by atoms with E-state index in [2.05, 4.69) is 16.2 Å². The van der Waals surface area contributed by atoms with Crippen LogP contribution in [0.5, 0.6) is 0 Å². The highest BCUT2D eigenvalue weighted by Crippen LogP contribution is 2.32. The molecular formula is C24H21N5O4. The van der Waals surface area contributed by atoms with E-state index in [1.165, 1.54) is 6.20 Å². The molecular weight excluding hydrogens is 422 g/mol. The normalized spacial score (nSPS) is 17.6. The SMILES string of the molecule is Cc1cc(-n2cc(CN3CC(c4ccc5c(c4C)COC5=O)OCC3=O)cn2)ncc1C#N. The van der Waals surface area contributed by atoms with Gasteiger partial charge >= 0.3 is 5.97 Å². The number of carbonyl (C=O) groups is 2. The zero-order chi connectivity index (χ0) is 23.1. The van der Waals surface area contributed by atoms with Crippen LogP contribution in [-0.4, -0.2) is 44.7 Å². The first-order valence-electron chi connectivity index (χ1n) is 10.5. The Kier molecular flexibility index (Phi) is 5.15. The molecule has 1 saturated heterocycles. The summed E-state index contributed by atoms with van der Waals surface area (Å²) in [6.07, 6.45) is 4.77. The van der Waals surface area contributed by atoms with Crippen LogP contribution < -0.4 is 0 Å². The second-order valence-corrected chi connectivity index (χ2v) is 8.22. The van der Waals surface area contributed by atoms with Crippen LogP contribution >= 0.6 is 0 Å². The molecule has 9 nitrogen and oxygen atoms in total. The summed E-state index contributed by atoms with van der Waals surface area (Å²) in [7, 11) is 0. The highest BCUT2D eigenvalue weighted by atomic mass is 16.5. The maximum atomic E-state index is 12.5. The third kappa shape index (κ3) is 3.75. The van der Waals surface area contributed by atoms with Crippen LogP contribution in [0.3, 0.4) is 0 Å². The topological polar surface area (TPSA) is 110 Å². The quantitative estimate of drug-likeness (QED) is 0.570. The fraction of sp³-hybridized carbons (Fsp3) is 0.292. The summed E-state index contributed by atoms with van der Waals surface area (Å²) in [6, 6.07) is 7.56. The van der Waals surface area contributed by atoms with Crippen molar-refractivity contribution >= 4 is 11.9 Å². The molecule has 0 N–H and O–H groups in total. The number of hydrogen-bond acceptors (Lipinski definition) is 7. The number of ether oxygens (including phenoxy) is 2. The van der Waals surface area contributed by atoms with Crippen molar-refractivity contribution in [2.24, 2.45) is 0 Å². The van der Waals surface area contributed by atoms with E-state index in [4.69, 9.17) is 14.7 Å². The first-order chi connectivity index (χ1) is 15.9. The van der Waals surface area contributed by atoms with Crippen molar-refractivity contribution < 1.29 is 19.1 Å². The number of cyclic esters (lactones) is 1. The Morgan fingerprint density at radius 3 is 2.85 bits per heavy atom. The number of aryl methyl sites for hydroxylation is 1. The van der Waals surface area contributed by atoms with Crippen LogP contribution in [0.1, 0.15) is 49.8 Å². The van der Waals surface area contributed by atoms with Crippen molar-refractivity contribution in [1.82, 2.24) is 19.7 Å². The molecule has 166 valence electrons. The third-order valence-corrected chi connectivity index (χ3v) is 6.16. The molecule has 0 bridgehead atoms. The minimum absolute atomic E-state index is 0.0128. The van der Waals surface area contributed by atoms with Crippen molar-refractivity contribution in [3.05, 3.63) is 75.7 Å². The monoisotopic (exact) mass is 443 g/mol. The Bertz CT molecular complexity index is 1320. The number of nitrogens with zero attached hydrogens (tertiary/aromatic N) is 5. The van der Waals surface area contributed by atoms with Gasteiger partial charge in [-0.25, -0.2) is 14.5 Å². The Balaban J connectivity index is 1.34. The molecule has 5 rings (SSSR count). The molecule has 33 heavy (non-hydrogen) atoms. The molecule has 1 atom stereocenters. The van der Waals surface area contributed by atoms with Gasteiger partial charge in [0.25, 0.3) is 0 Å². The maximum absolute atomic E-state index is 12.5. The summed E-state index contributed by atoms with van der Waals surface area (Å²) >= 11 is 0. The molecule has 0 radical (unpaired) electrons. The van der Waals surface area contributed by atoms with E-state index in [0.29, 0.717) is 30.0 Å². The van der Waals surface area contributed by atoms with E-state index in [1.807, 2.05) is 26.1 Å². The highest BCUT2D eigenvalue weighted by molar-refractivity contribution is 5.94. The lowest BCUT2D eigenvalue weighted by molar-refractivity contribution is -0.150. The molecule has 1 unspecified atom stereocenters.